The van der Waals surface area contributed by atoms with Gasteiger partial charge >= 0.3 is 0 Å². The van der Waals surface area contributed by atoms with Crippen LogP contribution in [0.3, 0.4) is 0 Å². The Kier molecular flexibility index (Phi) is 10.1. The summed E-state index contributed by atoms with van der Waals surface area (Å²) in [6, 6.07) is 86.3. The van der Waals surface area contributed by atoms with Crippen LogP contribution < -0.4 is 4.90 Å². The zero-order valence-electron chi connectivity index (χ0n) is 35.0. The number of hydrogen-bond acceptors (Lipinski definition) is 1. The summed E-state index contributed by atoms with van der Waals surface area (Å²) in [6.45, 7) is 0. The molecule has 1 aliphatic rings. The maximum Gasteiger partial charge on any atom is 0.0560 e. The zero-order valence-corrected chi connectivity index (χ0v) is 35.0. The molecule has 0 spiro atoms. The van der Waals surface area contributed by atoms with Crippen molar-refractivity contribution < 1.29 is 0 Å². The monoisotopic (exact) mass is 803 g/mol. The second-order valence-electron chi connectivity index (χ2n) is 16.4. The molecule has 1 atom stereocenters. The van der Waals surface area contributed by atoms with Gasteiger partial charge in [0, 0.05) is 11.4 Å². The largest absolute Gasteiger partial charge is 0.334 e. The van der Waals surface area contributed by atoms with Crippen LogP contribution in [0.4, 0.5) is 11.4 Å². The average Bonchev–Trinajstić information content (AvgIpc) is 3.37. The summed E-state index contributed by atoms with van der Waals surface area (Å²) in [5.41, 5.74) is 17.0. The topological polar surface area (TPSA) is 3.24 Å². The number of fused-ring (bicyclic) bond motifs is 2. The number of benzene rings is 10. The lowest BCUT2D eigenvalue weighted by molar-refractivity contribution is 0.787. The number of allylic oxidation sites excluding steroid dienone is 2. The quantitative estimate of drug-likeness (QED) is 0.131. The van der Waals surface area contributed by atoms with Crippen molar-refractivity contribution in [3.8, 4) is 55.6 Å². The Morgan fingerprint density at radius 1 is 0.333 bits per heavy atom. The molecule has 10 aromatic carbocycles. The van der Waals surface area contributed by atoms with E-state index < -0.39 is 0 Å². The van der Waals surface area contributed by atoms with Crippen LogP contribution in [0.25, 0.3) is 82.8 Å². The van der Waals surface area contributed by atoms with Crippen LogP contribution in [0.5, 0.6) is 0 Å². The molecular weight excluding hydrogens is 759 g/mol. The van der Waals surface area contributed by atoms with E-state index in [1.54, 1.807) is 0 Å². The van der Waals surface area contributed by atoms with E-state index in [0.717, 1.165) is 17.8 Å². The standard InChI is InChI=1S/C62H45N/c1-4-14-44(15-5-1)46-24-28-48(29-25-46)50-32-36-55(37-33-50)63(56-38-34-51(35-39-56)49-30-26-47(27-31-49)45-16-6-2-7-17-45)57-40-41-60(61(43-57)52-18-8-3-9-19-52)62-58-22-12-10-20-53(58)42-54-21-11-13-23-59(54)62/h1-38,40-43,56H,39H2. The first-order chi connectivity index (χ1) is 31.2. The highest BCUT2D eigenvalue weighted by Crippen LogP contribution is 2.44. The summed E-state index contributed by atoms with van der Waals surface area (Å²) in [5.74, 6) is 0. The molecule has 10 aromatic rings. The van der Waals surface area contributed by atoms with Crippen LogP contribution in [0, 0.1) is 0 Å². The molecule has 1 unspecified atom stereocenters. The Bertz CT molecular complexity index is 3200. The van der Waals surface area contributed by atoms with Crippen molar-refractivity contribution in [3.05, 3.63) is 260 Å². The highest BCUT2D eigenvalue weighted by molar-refractivity contribution is 6.14. The Hall–Kier alpha value is -8.00. The van der Waals surface area contributed by atoms with Gasteiger partial charge in [0.1, 0.15) is 0 Å². The lowest BCUT2D eigenvalue weighted by atomic mass is 9.87. The molecule has 1 nitrogen and oxygen atoms in total. The Morgan fingerprint density at radius 2 is 0.762 bits per heavy atom. The predicted octanol–water partition coefficient (Wildman–Crippen LogP) is 16.9. The van der Waals surface area contributed by atoms with Gasteiger partial charge in [-0.15, -0.1) is 0 Å². The van der Waals surface area contributed by atoms with Crippen molar-refractivity contribution in [2.24, 2.45) is 0 Å². The van der Waals surface area contributed by atoms with Crippen molar-refractivity contribution in [2.45, 2.75) is 12.5 Å². The second kappa shape index (κ2) is 16.8. The first-order valence-electron chi connectivity index (χ1n) is 21.9. The molecule has 0 radical (unpaired) electrons. The summed E-state index contributed by atoms with van der Waals surface area (Å²) >= 11 is 0. The number of anilines is 2. The van der Waals surface area contributed by atoms with Crippen molar-refractivity contribution in [1.29, 1.82) is 0 Å². The van der Waals surface area contributed by atoms with Crippen LogP contribution in [0.15, 0.2) is 255 Å². The third-order valence-electron chi connectivity index (χ3n) is 12.6. The molecule has 0 bridgehead atoms. The maximum atomic E-state index is 2.53. The molecule has 1 heteroatoms. The molecule has 0 aliphatic heterocycles. The van der Waals surface area contributed by atoms with E-state index in [-0.39, 0.29) is 6.04 Å². The molecular formula is C62H45N. The highest BCUT2D eigenvalue weighted by atomic mass is 15.2. The van der Waals surface area contributed by atoms with Crippen molar-refractivity contribution in [3.63, 3.8) is 0 Å². The number of hydrogen-bond donors (Lipinski definition) is 0. The minimum absolute atomic E-state index is 0.0983. The van der Waals surface area contributed by atoms with Gasteiger partial charge in [0.05, 0.1) is 6.04 Å². The number of rotatable bonds is 9. The highest BCUT2D eigenvalue weighted by Gasteiger charge is 2.23. The van der Waals surface area contributed by atoms with Gasteiger partial charge in [-0.05, 0) is 125 Å². The Morgan fingerprint density at radius 3 is 1.27 bits per heavy atom. The SMILES string of the molecule is C1=CC(N(c2ccc(-c3ccc(-c4ccccc4)cc3)cc2)c2ccc(-c3c4ccccc4cc4ccccc34)c(-c3ccccc3)c2)CC=C1c1ccc(-c2ccccc2)cc1. The smallest absolute Gasteiger partial charge is 0.0560 e. The van der Waals surface area contributed by atoms with Crippen LogP contribution >= 0.6 is 0 Å². The van der Waals surface area contributed by atoms with Gasteiger partial charge in [-0.2, -0.15) is 0 Å². The van der Waals surface area contributed by atoms with E-state index in [2.05, 4.69) is 260 Å². The summed E-state index contributed by atoms with van der Waals surface area (Å²) in [4.78, 5) is 2.53. The van der Waals surface area contributed by atoms with Gasteiger partial charge in [0.2, 0.25) is 0 Å². The molecule has 11 rings (SSSR count). The molecule has 298 valence electrons. The van der Waals surface area contributed by atoms with Crippen molar-refractivity contribution in [2.75, 3.05) is 4.90 Å². The lowest BCUT2D eigenvalue weighted by Crippen LogP contribution is -2.30. The third kappa shape index (κ3) is 7.56. The van der Waals surface area contributed by atoms with E-state index >= 15 is 0 Å². The average molecular weight is 804 g/mol. The predicted molar refractivity (Wildman–Crippen MR) is 269 cm³/mol. The van der Waals surface area contributed by atoms with E-state index in [9.17, 15) is 0 Å². The third-order valence-corrected chi connectivity index (χ3v) is 12.6. The zero-order chi connectivity index (χ0) is 42.0. The van der Waals surface area contributed by atoms with E-state index in [1.165, 1.54) is 88.3 Å². The van der Waals surface area contributed by atoms with E-state index in [1.807, 2.05) is 0 Å². The van der Waals surface area contributed by atoms with Crippen LogP contribution in [-0.4, -0.2) is 6.04 Å². The molecule has 0 N–H and O–H groups in total. The van der Waals surface area contributed by atoms with Gasteiger partial charge in [-0.3, -0.25) is 0 Å². The van der Waals surface area contributed by atoms with Crippen LogP contribution in [-0.2, 0) is 0 Å². The summed E-state index contributed by atoms with van der Waals surface area (Å²) in [7, 11) is 0. The fourth-order valence-corrected chi connectivity index (χ4v) is 9.39. The Labute approximate surface area is 370 Å². The van der Waals surface area contributed by atoms with Gasteiger partial charge in [0.25, 0.3) is 0 Å². The first kappa shape index (κ1) is 38.0. The van der Waals surface area contributed by atoms with Crippen molar-refractivity contribution >= 4 is 38.5 Å². The Balaban J connectivity index is 1.00. The van der Waals surface area contributed by atoms with Crippen LogP contribution in [0.2, 0.25) is 0 Å². The maximum absolute atomic E-state index is 2.53. The van der Waals surface area contributed by atoms with Gasteiger partial charge < -0.3 is 4.90 Å². The second-order valence-corrected chi connectivity index (χ2v) is 16.4. The first-order valence-corrected chi connectivity index (χ1v) is 21.9. The fraction of sp³-hybridized carbons (Fsp3) is 0.0323. The molecule has 0 saturated carbocycles. The molecule has 0 aromatic heterocycles. The lowest BCUT2D eigenvalue weighted by Gasteiger charge is -2.34. The summed E-state index contributed by atoms with van der Waals surface area (Å²) in [5, 5.41) is 5.01. The molecule has 1 aliphatic carbocycles. The van der Waals surface area contributed by atoms with Gasteiger partial charge in [-0.1, -0.05) is 224 Å². The van der Waals surface area contributed by atoms with Crippen molar-refractivity contribution in [1.82, 2.24) is 0 Å². The molecule has 0 saturated heterocycles. The van der Waals surface area contributed by atoms with Gasteiger partial charge in [-0.25, -0.2) is 0 Å². The summed E-state index contributed by atoms with van der Waals surface area (Å²) < 4.78 is 0. The number of nitrogens with zero attached hydrogens (tertiary/aromatic N) is 1. The van der Waals surface area contributed by atoms with E-state index in [4.69, 9.17) is 0 Å². The minimum Gasteiger partial charge on any atom is -0.334 e. The summed E-state index contributed by atoms with van der Waals surface area (Å²) in [6.07, 6.45) is 7.99. The minimum atomic E-state index is 0.0983. The van der Waals surface area contributed by atoms with Crippen LogP contribution in [0.1, 0.15) is 12.0 Å². The molecule has 0 heterocycles. The molecule has 63 heavy (non-hydrogen) atoms. The molecule has 0 fully saturated rings. The normalized spacial score (nSPS) is 13.5. The van der Waals surface area contributed by atoms with Gasteiger partial charge in [0.15, 0.2) is 0 Å². The van der Waals surface area contributed by atoms with E-state index in [0.29, 0.717) is 0 Å². The molecule has 0 amide bonds. The fourth-order valence-electron chi connectivity index (χ4n) is 9.39.